The van der Waals surface area contributed by atoms with Crippen LogP contribution in [0.25, 0.3) is 0 Å². The maximum atomic E-state index is 12.1. The Morgan fingerprint density at radius 1 is 1.16 bits per heavy atom. The first-order valence-corrected chi connectivity index (χ1v) is 6.29. The zero-order valence-electron chi connectivity index (χ0n) is 10.5. The summed E-state index contributed by atoms with van der Waals surface area (Å²) >= 11 is 0. The molecular weight excluding hydrogens is 257 g/mol. The normalized spacial score (nSPS) is 18.5. The highest BCUT2D eigenvalue weighted by atomic mass is 19.4. The second-order valence-corrected chi connectivity index (χ2v) is 4.61. The maximum Gasteiger partial charge on any atom is 0.573 e. The van der Waals surface area contributed by atoms with Crippen LogP contribution in [0.5, 0.6) is 5.75 Å². The van der Waals surface area contributed by atoms with Crippen molar-refractivity contribution in [2.45, 2.75) is 25.2 Å². The Bertz CT molecular complexity index is 399. The molecule has 1 aromatic rings. The molecule has 1 aromatic carbocycles. The fourth-order valence-electron chi connectivity index (χ4n) is 2.44. The summed E-state index contributed by atoms with van der Waals surface area (Å²) in [4.78, 5) is 2.26. The van der Waals surface area contributed by atoms with Gasteiger partial charge in [0.25, 0.3) is 0 Å². The van der Waals surface area contributed by atoms with Gasteiger partial charge in [0.2, 0.25) is 0 Å². The molecule has 0 aliphatic carbocycles. The molecule has 1 atom stereocenters. The molecule has 0 saturated carbocycles. The molecule has 1 fully saturated rings. The molecule has 0 radical (unpaired) electrons. The number of nitrogens with zero attached hydrogens (tertiary/aromatic N) is 1. The van der Waals surface area contributed by atoms with Crippen LogP contribution in [0.1, 0.15) is 24.4 Å². The average molecular weight is 274 g/mol. The Kier molecular flexibility index (Phi) is 4.31. The minimum absolute atomic E-state index is 0.0717. The van der Waals surface area contributed by atoms with E-state index in [4.69, 9.17) is 5.73 Å². The Balaban J connectivity index is 2.07. The van der Waals surface area contributed by atoms with Crippen molar-refractivity contribution in [1.82, 2.24) is 4.90 Å². The van der Waals surface area contributed by atoms with E-state index in [-0.39, 0.29) is 11.8 Å². The molecule has 0 bridgehead atoms. The Morgan fingerprint density at radius 2 is 1.74 bits per heavy atom. The molecule has 2 N–H and O–H groups in total. The Hall–Kier alpha value is -1.27. The predicted molar refractivity (Wildman–Crippen MR) is 65.7 cm³/mol. The standard InChI is InChI=1S/C13H17F3N2O/c14-13(15,16)19-11-5-3-10(4-6-11)12(9-17)18-7-1-2-8-18/h3-6,12H,1-2,7-9,17H2/t12-/m1/s1. The van der Waals surface area contributed by atoms with Gasteiger partial charge in [0.15, 0.2) is 0 Å². The number of hydrogen-bond acceptors (Lipinski definition) is 3. The van der Waals surface area contributed by atoms with Gasteiger partial charge in [0.1, 0.15) is 5.75 Å². The van der Waals surface area contributed by atoms with E-state index in [1.54, 1.807) is 12.1 Å². The van der Waals surface area contributed by atoms with Crippen molar-refractivity contribution in [3.05, 3.63) is 29.8 Å². The van der Waals surface area contributed by atoms with Gasteiger partial charge in [-0.1, -0.05) is 12.1 Å². The smallest absolute Gasteiger partial charge is 0.406 e. The molecule has 19 heavy (non-hydrogen) atoms. The van der Waals surface area contributed by atoms with Gasteiger partial charge < -0.3 is 10.5 Å². The highest BCUT2D eigenvalue weighted by molar-refractivity contribution is 5.29. The zero-order valence-corrected chi connectivity index (χ0v) is 10.5. The highest BCUT2D eigenvalue weighted by Gasteiger charge is 2.31. The van der Waals surface area contributed by atoms with Gasteiger partial charge in [0.05, 0.1) is 0 Å². The lowest BCUT2D eigenvalue weighted by atomic mass is 10.1. The van der Waals surface area contributed by atoms with Crippen LogP contribution in [0.3, 0.4) is 0 Å². The molecule has 2 rings (SSSR count). The highest BCUT2D eigenvalue weighted by Crippen LogP contribution is 2.27. The molecule has 0 amide bonds. The van der Waals surface area contributed by atoms with E-state index in [1.807, 2.05) is 0 Å². The van der Waals surface area contributed by atoms with Crippen LogP contribution < -0.4 is 10.5 Å². The third-order valence-electron chi connectivity index (χ3n) is 3.30. The lowest BCUT2D eigenvalue weighted by Crippen LogP contribution is -2.31. The first-order valence-electron chi connectivity index (χ1n) is 6.29. The van der Waals surface area contributed by atoms with E-state index in [2.05, 4.69) is 9.64 Å². The van der Waals surface area contributed by atoms with Gasteiger partial charge in [-0.25, -0.2) is 0 Å². The first-order chi connectivity index (χ1) is 8.99. The minimum Gasteiger partial charge on any atom is -0.406 e. The molecule has 106 valence electrons. The number of nitrogens with two attached hydrogens (primary N) is 1. The fraction of sp³-hybridized carbons (Fsp3) is 0.538. The summed E-state index contributed by atoms with van der Waals surface area (Å²) in [6.45, 7) is 2.44. The van der Waals surface area contributed by atoms with Crippen molar-refractivity contribution in [2.75, 3.05) is 19.6 Å². The van der Waals surface area contributed by atoms with Crippen LogP contribution >= 0.6 is 0 Å². The van der Waals surface area contributed by atoms with Gasteiger partial charge in [-0.3, -0.25) is 4.90 Å². The quantitative estimate of drug-likeness (QED) is 0.917. The van der Waals surface area contributed by atoms with Crippen molar-refractivity contribution in [1.29, 1.82) is 0 Å². The van der Waals surface area contributed by atoms with Crippen LogP contribution in [0.2, 0.25) is 0 Å². The molecule has 1 saturated heterocycles. The summed E-state index contributed by atoms with van der Waals surface area (Å²) in [5.74, 6) is -0.201. The summed E-state index contributed by atoms with van der Waals surface area (Å²) in [7, 11) is 0. The fourth-order valence-corrected chi connectivity index (χ4v) is 2.44. The van der Waals surface area contributed by atoms with E-state index >= 15 is 0 Å². The number of ether oxygens (including phenoxy) is 1. The summed E-state index contributed by atoms with van der Waals surface area (Å²) in [6.07, 6.45) is -2.36. The third kappa shape index (κ3) is 3.84. The molecule has 1 aliphatic heterocycles. The maximum absolute atomic E-state index is 12.1. The summed E-state index contributed by atoms with van der Waals surface area (Å²) in [5.41, 5.74) is 6.70. The number of alkyl halides is 3. The third-order valence-corrected chi connectivity index (χ3v) is 3.30. The van der Waals surface area contributed by atoms with Gasteiger partial charge >= 0.3 is 6.36 Å². The molecule has 1 aliphatic rings. The van der Waals surface area contributed by atoms with Gasteiger partial charge in [-0.15, -0.1) is 13.2 Å². The largest absolute Gasteiger partial charge is 0.573 e. The van der Waals surface area contributed by atoms with Crippen LogP contribution in [0.4, 0.5) is 13.2 Å². The van der Waals surface area contributed by atoms with E-state index in [9.17, 15) is 13.2 Å². The Morgan fingerprint density at radius 3 is 2.21 bits per heavy atom. The van der Waals surface area contributed by atoms with E-state index in [0.717, 1.165) is 31.5 Å². The first kappa shape index (κ1) is 14.1. The van der Waals surface area contributed by atoms with Gasteiger partial charge in [0, 0.05) is 12.6 Å². The molecule has 0 unspecified atom stereocenters. The number of likely N-dealkylation sites (tertiary alicyclic amines) is 1. The number of hydrogen-bond donors (Lipinski definition) is 1. The van der Waals surface area contributed by atoms with Crippen molar-refractivity contribution < 1.29 is 17.9 Å². The molecule has 3 nitrogen and oxygen atoms in total. The molecule has 0 spiro atoms. The molecule has 0 aromatic heterocycles. The zero-order chi connectivity index (χ0) is 13.9. The SMILES string of the molecule is NC[C@H](c1ccc(OC(F)(F)F)cc1)N1CCCC1. The average Bonchev–Trinajstić information content (AvgIpc) is 2.84. The van der Waals surface area contributed by atoms with Crippen LogP contribution in [0, 0.1) is 0 Å². The summed E-state index contributed by atoms with van der Waals surface area (Å²) in [5, 5.41) is 0. The number of rotatable bonds is 4. The summed E-state index contributed by atoms with van der Waals surface area (Å²) in [6, 6.07) is 6.04. The molecule has 6 heteroatoms. The van der Waals surface area contributed by atoms with Crippen LogP contribution in [0.15, 0.2) is 24.3 Å². The second-order valence-electron chi connectivity index (χ2n) is 4.61. The number of halogens is 3. The van der Waals surface area contributed by atoms with Crippen LogP contribution in [-0.2, 0) is 0 Å². The monoisotopic (exact) mass is 274 g/mol. The second kappa shape index (κ2) is 5.79. The number of benzene rings is 1. The van der Waals surface area contributed by atoms with Crippen LogP contribution in [-0.4, -0.2) is 30.9 Å². The van der Waals surface area contributed by atoms with Crippen molar-refractivity contribution in [3.63, 3.8) is 0 Å². The van der Waals surface area contributed by atoms with Crippen molar-refractivity contribution in [3.8, 4) is 5.75 Å². The van der Waals surface area contributed by atoms with Gasteiger partial charge in [-0.2, -0.15) is 0 Å². The summed E-state index contributed by atoms with van der Waals surface area (Å²) < 4.78 is 40.0. The minimum atomic E-state index is -4.65. The lowest BCUT2D eigenvalue weighted by molar-refractivity contribution is -0.274. The van der Waals surface area contributed by atoms with Crippen molar-refractivity contribution in [2.24, 2.45) is 5.73 Å². The van der Waals surface area contributed by atoms with E-state index in [0.29, 0.717) is 6.54 Å². The topological polar surface area (TPSA) is 38.5 Å². The lowest BCUT2D eigenvalue weighted by Gasteiger charge is -2.26. The van der Waals surface area contributed by atoms with E-state index < -0.39 is 6.36 Å². The molecular formula is C13H17F3N2O. The van der Waals surface area contributed by atoms with Gasteiger partial charge in [-0.05, 0) is 43.6 Å². The Labute approximate surface area is 110 Å². The molecule has 1 heterocycles. The van der Waals surface area contributed by atoms with E-state index in [1.165, 1.54) is 12.1 Å². The van der Waals surface area contributed by atoms with Crippen molar-refractivity contribution >= 4 is 0 Å². The predicted octanol–water partition coefficient (Wildman–Crippen LogP) is 2.68.